The van der Waals surface area contributed by atoms with Crippen LogP contribution in [-0.4, -0.2) is 54.9 Å². The van der Waals surface area contributed by atoms with Crippen molar-refractivity contribution in [3.8, 4) is 17.1 Å². The van der Waals surface area contributed by atoms with E-state index in [2.05, 4.69) is 20.6 Å². The van der Waals surface area contributed by atoms with E-state index in [9.17, 15) is 14.7 Å². The first-order valence-corrected chi connectivity index (χ1v) is 10.9. The number of carbonyl (C=O) groups is 2. The molecule has 2 N–H and O–H groups in total. The quantitative estimate of drug-likeness (QED) is 0.411. The van der Waals surface area contributed by atoms with Gasteiger partial charge < -0.3 is 34.9 Å². The number of amides is 2. The number of hydrogen-bond acceptors (Lipinski definition) is 8. The second kappa shape index (κ2) is 13.0. The molecule has 0 spiro atoms. The fourth-order valence-corrected chi connectivity index (χ4v) is 3.49. The topological polar surface area (TPSA) is 129 Å². The maximum Gasteiger partial charge on any atom is 1.00 e. The summed E-state index contributed by atoms with van der Waals surface area (Å²) in [5.74, 6) is -0.760. The van der Waals surface area contributed by atoms with Gasteiger partial charge in [0.05, 0.1) is 25.8 Å². The number of rotatable bonds is 7. The van der Waals surface area contributed by atoms with Crippen LogP contribution in [0.1, 0.15) is 17.4 Å². The van der Waals surface area contributed by atoms with Crippen molar-refractivity contribution < 1.29 is 75.6 Å². The van der Waals surface area contributed by atoms with Crippen molar-refractivity contribution in [3.05, 3.63) is 60.3 Å². The predicted octanol–water partition coefficient (Wildman–Crippen LogP) is -0.610. The van der Waals surface area contributed by atoms with Crippen LogP contribution < -0.4 is 76.8 Å². The summed E-state index contributed by atoms with van der Waals surface area (Å²) in [4.78, 5) is 34.8. The van der Waals surface area contributed by atoms with Gasteiger partial charge in [0.15, 0.2) is 17.4 Å². The van der Waals surface area contributed by atoms with E-state index in [4.69, 9.17) is 9.47 Å². The van der Waals surface area contributed by atoms with Gasteiger partial charge in [-0.15, -0.1) is 0 Å². The maximum absolute atomic E-state index is 12.2. The number of benzene rings is 2. The Morgan fingerprint density at radius 3 is 2.23 bits per heavy atom. The molecule has 3 aromatic rings. The summed E-state index contributed by atoms with van der Waals surface area (Å²) in [7, 11) is 0. The molecular weight excluding hydrogens is 477 g/mol. The molecule has 0 bridgehead atoms. The van der Waals surface area contributed by atoms with Crippen LogP contribution >= 0.6 is 0 Å². The van der Waals surface area contributed by atoms with E-state index in [1.54, 1.807) is 43.3 Å². The Morgan fingerprint density at radius 2 is 1.63 bits per heavy atom. The minimum atomic E-state index is -1.45. The number of ether oxygens (including phenoxy) is 2. The fraction of sp³-hybridized carbons (Fsp3) is 0.250. The number of urea groups is 1. The minimum Gasteiger partial charge on any atom is -0.543 e. The third kappa shape index (κ3) is 7.00. The number of carboxylic acids is 1. The summed E-state index contributed by atoms with van der Waals surface area (Å²) in [5.41, 5.74) is 1.49. The van der Waals surface area contributed by atoms with E-state index in [0.29, 0.717) is 49.1 Å². The number of aromatic carboxylic acids is 1. The van der Waals surface area contributed by atoms with Crippen molar-refractivity contribution >= 4 is 29.2 Å². The van der Waals surface area contributed by atoms with Gasteiger partial charge in [0.2, 0.25) is 0 Å². The molecule has 4 rings (SSSR count). The molecule has 1 fully saturated rings. The molecule has 10 nitrogen and oxygen atoms in total. The molecule has 2 amide bonds. The molecule has 0 unspecified atom stereocenters. The van der Waals surface area contributed by atoms with Crippen LogP contribution in [0, 0.1) is 0 Å². The van der Waals surface area contributed by atoms with E-state index in [1.807, 2.05) is 23.1 Å². The molecular formula is C24H24KN5O5. The zero-order valence-corrected chi connectivity index (χ0v) is 22.7. The molecule has 1 aliphatic heterocycles. The van der Waals surface area contributed by atoms with Crippen LogP contribution in [-0.2, 0) is 4.74 Å². The van der Waals surface area contributed by atoms with Crippen LogP contribution in [0.15, 0.2) is 54.6 Å². The number of aromatic nitrogens is 2. The van der Waals surface area contributed by atoms with Crippen LogP contribution in [0.3, 0.4) is 0 Å². The van der Waals surface area contributed by atoms with E-state index in [-0.39, 0.29) is 81.3 Å². The molecule has 11 heteroatoms. The second-order valence-corrected chi connectivity index (χ2v) is 7.39. The molecule has 2 aromatic carbocycles. The van der Waals surface area contributed by atoms with Gasteiger partial charge >= 0.3 is 57.4 Å². The zero-order chi connectivity index (χ0) is 23.9. The van der Waals surface area contributed by atoms with E-state index in [0.717, 1.165) is 0 Å². The first-order valence-electron chi connectivity index (χ1n) is 10.9. The van der Waals surface area contributed by atoms with Crippen LogP contribution in [0.5, 0.6) is 5.75 Å². The number of carboxylic acid groups (broad SMARTS) is 1. The fourth-order valence-electron chi connectivity index (χ4n) is 3.49. The molecule has 0 saturated carbocycles. The monoisotopic (exact) mass is 501 g/mol. The number of carbonyl (C=O) groups excluding carboxylic acids is 2. The Hall–Kier alpha value is -2.54. The first kappa shape index (κ1) is 27.1. The number of nitrogens with zero attached hydrogens (tertiary/aromatic N) is 3. The Morgan fingerprint density at radius 1 is 1.00 bits per heavy atom. The van der Waals surface area contributed by atoms with Crippen LogP contribution in [0.4, 0.5) is 22.0 Å². The summed E-state index contributed by atoms with van der Waals surface area (Å²) in [6.07, 6.45) is 0. The summed E-state index contributed by atoms with van der Waals surface area (Å²) in [5, 5.41) is 17.4. The van der Waals surface area contributed by atoms with Crippen molar-refractivity contribution in [2.75, 3.05) is 48.4 Å². The first-order chi connectivity index (χ1) is 16.5. The third-order valence-electron chi connectivity index (χ3n) is 5.07. The van der Waals surface area contributed by atoms with Gasteiger partial charge in [0.1, 0.15) is 5.69 Å². The number of nitrogens with one attached hydrogen (secondary N) is 2. The Kier molecular flexibility index (Phi) is 10.0. The SMILES string of the molecule is CCOc1c(C(=O)[O-])nc(-c2ccc(NC(=O)Nc3ccccc3)cc2)nc1N1CCOCC1.[K+]. The van der Waals surface area contributed by atoms with E-state index >= 15 is 0 Å². The number of morpholine rings is 1. The average Bonchev–Trinajstić information content (AvgIpc) is 2.86. The summed E-state index contributed by atoms with van der Waals surface area (Å²) in [6.45, 7) is 4.10. The zero-order valence-electron chi connectivity index (χ0n) is 19.6. The summed E-state index contributed by atoms with van der Waals surface area (Å²) in [6, 6.07) is 15.5. The molecule has 0 aliphatic carbocycles. The number of para-hydroxylation sites is 1. The van der Waals surface area contributed by atoms with Crippen molar-refractivity contribution in [2.45, 2.75) is 6.92 Å². The molecule has 2 heterocycles. The molecule has 1 aromatic heterocycles. The number of hydrogen-bond donors (Lipinski definition) is 2. The van der Waals surface area contributed by atoms with Crippen molar-refractivity contribution in [2.24, 2.45) is 0 Å². The van der Waals surface area contributed by atoms with Crippen LogP contribution in [0.2, 0.25) is 0 Å². The predicted molar refractivity (Wildman–Crippen MR) is 125 cm³/mol. The van der Waals surface area contributed by atoms with E-state index in [1.165, 1.54) is 0 Å². The molecule has 0 radical (unpaired) electrons. The van der Waals surface area contributed by atoms with E-state index < -0.39 is 5.97 Å². The summed E-state index contributed by atoms with van der Waals surface area (Å²) >= 11 is 0. The molecule has 1 aliphatic rings. The Balaban J connectivity index is 0.00000342. The van der Waals surface area contributed by atoms with Crippen LogP contribution in [0.25, 0.3) is 11.4 Å². The standard InChI is InChI=1S/C24H25N5O5.K/c1-2-34-20-19(23(30)31)27-21(28-22(20)29-12-14-33-15-13-29)16-8-10-18(11-9-16)26-24(32)25-17-6-4-3-5-7-17;/h3-11H,2,12-15H2,1H3,(H,30,31)(H2,25,26,32);/q;+1/p-1. The summed E-state index contributed by atoms with van der Waals surface area (Å²) < 4.78 is 11.0. The molecule has 176 valence electrons. The van der Waals surface area contributed by atoms with Gasteiger partial charge in [-0.1, -0.05) is 18.2 Å². The smallest absolute Gasteiger partial charge is 0.543 e. The normalized spacial score (nSPS) is 12.9. The largest absolute Gasteiger partial charge is 1.00 e. The van der Waals surface area contributed by atoms with Crippen molar-refractivity contribution in [3.63, 3.8) is 0 Å². The average molecular weight is 502 g/mol. The van der Waals surface area contributed by atoms with Crippen molar-refractivity contribution in [1.29, 1.82) is 0 Å². The van der Waals surface area contributed by atoms with Gasteiger partial charge in [-0.25, -0.2) is 14.8 Å². The maximum atomic E-state index is 12.2. The second-order valence-electron chi connectivity index (χ2n) is 7.39. The Bertz CT molecular complexity index is 1150. The Labute approximate surface area is 245 Å². The van der Waals surface area contributed by atoms with Gasteiger partial charge in [0, 0.05) is 30.0 Å². The molecule has 35 heavy (non-hydrogen) atoms. The minimum absolute atomic E-state index is 0. The van der Waals surface area contributed by atoms with Crippen molar-refractivity contribution in [1.82, 2.24) is 9.97 Å². The third-order valence-corrected chi connectivity index (χ3v) is 5.07. The molecule has 1 saturated heterocycles. The van der Waals surface area contributed by atoms with Gasteiger partial charge in [-0.3, -0.25) is 0 Å². The molecule has 0 atom stereocenters. The van der Waals surface area contributed by atoms with Gasteiger partial charge in [-0.05, 0) is 43.3 Å². The van der Waals surface area contributed by atoms with Gasteiger partial charge in [0.25, 0.3) is 0 Å². The van der Waals surface area contributed by atoms with Gasteiger partial charge in [-0.2, -0.15) is 0 Å². The number of anilines is 3.